The van der Waals surface area contributed by atoms with Gasteiger partial charge in [0.05, 0.1) is 11.4 Å². The van der Waals surface area contributed by atoms with E-state index in [0.29, 0.717) is 0 Å². The average Bonchev–Trinajstić information content (AvgIpc) is 3.07. The molecule has 0 N–H and O–H groups in total. The molecule has 48 heavy (non-hydrogen) atoms. The van der Waals surface area contributed by atoms with Gasteiger partial charge in [0, 0.05) is 33.5 Å². The normalized spacial score (nSPS) is 11.5. The average molecular weight is 621 g/mol. The molecule has 0 spiro atoms. The minimum absolute atomic E-state index is 1.15. The van der Waals surface area contributed by atoms with Crippen LogP contribution in [0.25, 0.3) is 32.3 Å². The first-order valence-electron chi connectivity index (χ1n) is 16.8. The fourth-order valence-electron chi connectivity index (χ4n) is 7.42. The van der Waals surface area contributed by atoms with E-state index in [0.717, 1.165) is 11.4 Å². The molecule has 0 unspecified atom stereocenters. The Hall–Kier alpha value is -5.60. The zero-order valence-corrected chi connectivity index (χ0v) is 28.6. The van der Waals surface area contributed by atoms with E-state index in [4.69, 9.17) is 0 Å². The van der Waals surface area contributed by atoms with Gasteiger partial charge in [-0.1, -0.05) is 90.0 Å². The van der Waals surface area contributed by atoms with Gasteiger partial charge in [-0.15, -0.1) is 0 Å². The van der Waals surface area contributed by atoms with Gasteiger partial charge in [-0.3, -0.25) is 0 Å². The Kier molecular flexibility index (Phi) is 7.18. The lowest BCUT2D eigenvalue weighted by molar-refractivity contribution is 1.24. The highest BCUT2D eigenvalue weighted by Crippen LogP contribution is 2.48. The van der Waals surface area contributed by atoms with Crippen LogP contribution in [-0.2, 0) is 0 Å². The molecule has 0 heterocycles. The fraction of sp³-hybridized carbons (Fsp3) is 0.130. The molecule has 2 heteroatoms. The summed E-state index contributed by atoms with van der Waals surface area (Å²) >= 11 is 0. The monoisotopic (exact) mass is 620 g/mol. The van der Waals surface area contributed by atoms with Crippen molar-refractivity contribution in [1.29, 1.82) is 0 Å². The van der Waals surface area contributed by atoms with Crippen molar-refractivity contribution in [1.82, 2.24) is 0 Å². The van der Waals surface area contributed by atoms with Gasteiger partial charge in [0.25, 0.3) is 0 Å². The van der Waals surface area contributed by atoms with Crippen LogP contribution in [0.5, 0.6) is 0 Å². The van der Waals surface area contributed by atoms with E-state index < -0.39 is 0 Å². The summed E-state index contributed by atoms with van der Waals surface area (Å²) in [6.07, 6.45) is 0. The molecular formula is C46H40N2. The Bertz CT molecular complexity index is 2430. The molecule has 0 bridgehead atoms. The summed E-state index contributed by atoms with van der Waals surface area (Å²) in [6.45, 7) is 13.1. The molecule has 0 saturated heterocycles. The molecule has 0 atom stereocenters. The van der Waals surface area contributed by atoms with Gasteiger partial charge >= 0.3 is 0 Å². The molecule has 0 radical (unpaired) electrons. The molecule has 0 aliphatic carbocycles. The molecule has 8 aromatic carbocycles. The first-order valence-corrected chi connectivity index (χ1v) is 16.8. The van der Waals surface area contributed by atoms with Gasteiger partial charge in [-0.25, -0.2) is 0 Å². The minimum Gasteiger partial charge on any atom is -0.310 e. The van der Waals surface area contributed by atoms with Gasteiger partial charge in [-0.2, -0.15) is 0 Å². The summed E-state index contributed by atoms with van der Waals surface area (Å²) < 4.78 is 0. The maximum absolute atomic E-state index is 2.45. The Morgan fingerprint density at radius 1 is 0.312 bits per heavy atom. The van der Waals surface area contributed by atoms with Crippen LogP contribution in [0, 0.1) is 41.5 Å². The summed E-state index contributed by atoms with van der Waals surface area (Å²) in [4.78, 5) is 4.88. The molecule has 8 aromatic rings. The smallest absolute Gasteiger partial charge is 0.0540 e. The second kappa shape index (κ2) is 11.6. The van der Waals surface area contributed by atoms with Crippen LogP contribution in [0.4, 0.5) is 34.1 Å². The van der Waals surface area contributed by atoms with Gasteiger partial charge in [0.15, 0.2) is 0 Å². The second-order valence-corrected chi connectivity index (χ2v) is 13.6. The first kappa shape index (κ1) is 29.8. The SMILES string of the molecule is Cc1ccc(N(c2cc(C)cc(C)c2)c2ccc3ccc4c(N(c5ccc(C)cc5)c5cc(C)ccc5C)ccc5ccc2c3c54)cc1. The third-order valence-electron chi connectivity index (χ3n) is 9.75. The molecule has 0 aromatic heterocycles. The van der Waals surface area contributed by atoms with Crippen LogP contribution in [0.15, 0.2) is 133 Å². The summed E-state index contributed by atoms with van der Waals surface area (Å²) in [5.41, 5.74) is 14.6. The van der Waals surface area contributed by atoms with Crippen molar-refractivity contribution in [3.05, 3.63) is 167 Å². The highest BCUT2D eigenvalue weighted by atomic mass is 15.2. The number of anilines is 6. The number of benzene rings is 8. The number of hydrogen-bond acceptors (Lipinski definition) is 2. The Balaban J connectivity index is 1.42. The predicted molar refractivity (Wildman–Crippen MR) is 208 cm³/mol. The minimum atomic E-state index is 1.15. The van der Waals surface area contributed by atoms with Crippen molar-refractivity contribution < 1.29 is 0 Å². The van der Waals surface area contributed by atoms with E-state index >= 15 is 0 Å². The van der Waals surface area contributed by atoms with Crippen molar-refractivity contribution >= 4 is 66.4 Å². The lowest BCUT2D eigenvalue weighted by Gasteiger charge is -2.30. The second-order valence-electron chi connectivity index (χ2n) is 13.6. The maximum Gasteiger partial charge on any atom is 0.0540 e. The van der Waals surface area contributed by atoms with Crippen molar-refractivity contribution in [3.63, 3.8) is 0 Å². The highest BCUT2D eigenvalue weighted by Gasteiger charge is 2.22. The van der Waals surface area contributed by atoms with Gasteiger partial charge in [0.2, 0.25) is 0 Å². The van der Waals surface area contributed by atoms with E-state index in [1.807, 2.05) is 0 Å². The molecule has 0 fully saturated rings. The largest absolute Gasteiger partial charge is 0.310 e. The van der Waals surface area contributed by atoms with E-state index in [9.17, 15) is 0 Å². The van der Waals surface area contributed by atoms with Crippen molar-refractivity contribution in [2.45, 2.75) is 41.5 Å². The zero-order valence-electron chi connectivity index (χ0n) is 28.6. The van der Waals surface area contributed by atoms with E-state index in [1.54, 1.807) is 0 Å². The topological polar surface area (TPSA) is 6.48 Å². The number of nitrogens with zero attached hydrogens (tertiary/aromatic N) is 2. The lowest BCUT2D eigenvalue weighted by Crippen LogP contribution is -2.12. The van der Waals surface area contributed by atoms with Crippen molar-refractivity contribution in [3.8, 4) is 0 Å². The van der Waals surface area contributed by atoms with Crippen molar-refractivity contribution in [2.75, 3.05) is 9.80 Å². The van der Waals surface area contributed by atoms with Crippen molar-refractivity contribution in [2.24, 2.45) is 0 Å². The molecule has 2 nitrogen and oxygen atoms in total. The predicted octanol–water partition coefficient (Wildman–Crippen LogP) is 13.4. The summed E-state index contributed by atoms with van der Waals surface area (Å²) in [5, 5.41) is 7.60. The number of aryl methyl sites for hydroxylation is 6. The molecule has 0 amide bonds. The van der Waals surface area contributed by atoms with Crippen LogP contribution >= 0.6 is 0 Å². The molecule has 0 saturated carbocycles. The molecule has 0 aliphatic heterocycles. The first-order chi connectivity index (χ1) is 23.2. The van der Waals surface area contributed by atoms with E-state index in [-0.39, 0.29) is 0 Å². The molecule has 8 rings (SSSR count). The van der Waals surface area contributed by atoms with Crippen LogP contribution < -0.4 is 9.80 Å². The Morgan fingerprint density at radius 2 is 0.771 bits per heavy atom. The van der Waals surface area contributed by atoms with Gasteiger partial charge in [0.1, 0.15) is 0 Å². The van der Waals surface area contributed by atoms with Gasteiger partial charge in [-0.05, 0) is 140 Å². The van der Waals surface area contributed by atoms with Crippen LogP contribution in [0.2, 0.25) is 0 Å². The standard InChI is InChI=1S/C46H40N2/c1-29-8-17-37(18-9-29)47(39-26-32(4)25-33(5)27-39)42-23-15-35-14-22-41-43(24-16-36-13-21-40(42)45(35)46(36)41)48(38-19-10-30(2)11-20-38)44-28-31(3)7-12-34(44)6/h7-28H,1-6H3. The quantitative estimate of drug-likeness (QED) is 0.171. The highest BCUT2D eigenvalue weighted by molar-refractivity contribution is 6.28. The third kappa shape index (κ3) is 5.05. The number of hydrogen-bond donors (Lipinski definition) is 0. The summed E-state index contributed by atoms with van der Waals surface area (Å²) in [7, 11) is 0. The lowest BCUT2D eigenvalue weighted by atomic mass is 9.91. The van der Waals surface area contributed by atoms with E-state index in [1.165, 1.54) is 88.4 Å². The number of rotatable bonds is 6. The maximum atomic E-state index is 2.45. The summed E-state index contributed by atoms with van der Waals surface area (Å²) in [5.74, 6) is 0. The molecular weight excluding hydrogens is 581 g/mol. The van der Waals surface area contributed by atoms with E-state index in [2.05, 4.69) is 185 Å². The molecule has 0 aliphatic rings. The Morgan fingerprint density at radius 3 is 1.31 bits per heavy atom. The van der Waals surface area contributed by atoms with Gasteiger partial charge < -0.3 is 9.80 Å². The third-order valence-corrected chi connectivity index (χ3v) is 9.75. The summed E-state index contributed by atoms with van der Waals surface area (Å²) in [6, 6.07) is 49.9. The molecule has 234 valence electrons. The zero-order chi connectivity index (χ0) is 33.1. The Labute approximate surface area is 283 Å². The van der Waals surface area contributed by atoms with Crippen LogP contribution in [-0.4, -0.2) is 0 Å². The fourth-order valence-corrected chi connectivity index (χ4v) is 7.42. The van der Waals surface area contributed by atoms with Crippen LogP contribution in [0.3, 0.4) is 0 Å². The van der Waals surface area contributed by atoms with Crippen LogP contribution in [0.1, 0.15) is 33.4 Å².